The number of nitriles is 1. The zero-order valence-corrected chi connectivity index (χ0v) is 9.80. The summed E-state index contributed by atoms with van der Waals surface area (Å²) in [7, 11) is 0. The van der Waals surface area contributed by atoms with Crippen molar-refractivity contribution in [3.63, 3.8) is 0 Å². The molecule has 1 aromatic carbocycles. The van der Waals surface area contributed by atoms with Crippen LogP contribution in [0.2, 0.25) is 0 Å². The van der Waals surface area contributed by atoms with Crippen LogP contribution in [0.1, 0.15) is 18.4 Å². The highest BCUT2D eigenvalue weighted by Crippen LogP contribution is 2.35. The molecule has 1 atom stereocenters. The van der Waals surface area contributed by atoms with Gasteiger partial charge in [0.05, 0.1) is 16.6 Å². The van der Waals surface area contributed by atoms with Crippen LogP contribution in [0, 0.1) is 27.4 Å². The molecule has 6 heteroatoms. The molecule has 1 aromatic rings. The average Bonchev–Trinajstić information content (AvgIpc) is 3.19. The van der Waals surface area contributed by atoms with Crippen molar-refractivity contribution in [2.45, 2.75) is 18.9 Å². The molecule has 0 aliphatic heterocycles. The van der Waals surface area contributed by atoms with Gasteiger partial charge in [0.25, 0.3) is 5.69 Å². The van der Waals surface area contributed by atoms with Gasteiger partial charge in [-0.25, -0.2) is 0 Å². The Labute approximate surface area is 105 Å². The van der Waals surface area contributed by atoms with E-state index in [2.05, 4.69) is 5.32 Å². The number of hydrogen-bond acceptors (Lipinski definition) is 5. The average molecular weight is 246 g/mol. The molecule has 0 saturated heterocycles. The lowest BCUT2D eigenvalue weighted by Gasteiger charge is -2.17. The Bertz CT molecular complexity index is 505. The van der Waals surface area contributed by atoms with Crippen LogP contribution in [0.5, 0.6) is 0 Å². The molecule has 2 rings (SSSR count). The molecule has 1 fully saturated rings. The van der Waals surface area contributed by atoms with Crippen molar-refractivity contribution >= 4 is 11.4 Å². The first-order chi connectivity index (χ1) is 8.65. The van der Waals surface area contributed by atoms with E-state index < -0.39 is 4.92 Å². The zero-order chi connectivity index (χ0) is 13.1. The normalized spacial score (nSPS) is 15.8. The van der Waals surface area contributed by atoms with E-state index in [1.807, 2.05) is 6.07 Å². The molecule has 0 aromatic heterocycles. The van der Waals surface area contributed by atoms with Gasteiger partial charge in [-0.15, -0.1) is 0 Å². The molecule has 94 valence electrons. The Morgan fingerprint density at radius 2 is 2.33 bits per heavy atom. The summed E-state index contributed by atoms with van der Waals surface area (Å²) < 4.78 is 0. The number of rotatable bonds is 5. The molecule has 0 radical (unpaired) electrons. The lowest BCUT2D eigenvalue weighted by atomic mass is 10.1. The molecule has 18 heavy (non-hydrogen) atoms. The maximum absolute atomic E-state index is 10.9. The number of nitro benzene ring substituents is 1. The van der Waals surface area contributed by atoms with Crippen LogP contribution in [0.4, 0.5) is 11.4 Å². The first kappa shape index (κ1) is 12.3. The van der Waals surface area contributed by atoms with Gasteiger partial charge in [0.1, 0.15) is 5.69 Å². The van der Waals surface area contributed by atoms with Crippen LogP contribution in [-0.4, -0.2) is 17.5 Å². The summed E-state index contributed by atoms with van der Waals surface area (Å²) in [6.07, 6.45) is 2.20. The molecule has 1 unspecified atom stereocenters. The second kappa shape index (κ2) is 5.02. The van der Waals surface area contributed by atoms with Gasteiger partial charge >= 0.3 is 0 Å². The second-order valence-electron chi connectivity index (χ2n) is 4.42. The van der Waals surface area contributed by atoms with Gasteiger partial charge in [-0.2, -0.15) is 5.26 Å². The number of nitrogens with two attached hydrogens (primary N) is 1. The summed E-state index contributed by atoms with van der Waals surface area (Å²) in [5.41, 5.74) is 6.41. The minimum absolute atomic E-state index is 0.0203. The minimum atomic E-state index is -0.454. The van der Waals surface area contributed by atoms with Crippen LogP contribution in [0.15, 0.2) is 18.2 Å². The third-order valence-corrected chi connectivity index (χ3v) is 3.11. The predicted molar refractivity (Wildman–Crippen MR) is 67.0 cm³/mol. The molecule has 0 amide bonds. The summed E-state index contributed by atoms with van der Waals surface area (Å²) in [5.74, 6) is 0.486. The lowest BCUT2D eigenvalue weighted by molar-refractivity contribution is -0.384. The Kier molecular flexibility index (Phi) is 3.44. The van der Waals surface area contributed by atoms with Crippen molar-refractivity contribution in [1.82, 2.24) is 0 Å². The fraction of sp³-hybridized carbons (Fsp3) is 0.417. The van der Waals surface area contributed by atoms with E-state index >= 15 is 0 Å². The Morgan fingerprint density at radius 3 is 2.83 bits per heavy atom. The summed E-state index contributed by atoms with van der Waals surface area (Å²) in [4.78, 5) is 10.5. The molecule has 1 aliphatic carbocycles. The highest BCUT2D eigenvalue weighted by molar-refractivity contribution is 5.64. The second-order valence-corrected chi connectivity index (χ2v) is 4.42. The summed E-state index contributed by atoms with van der Waals surface area (Å²) in [5, 5.41) is 22.9. The van der Waals surface area contributed by atoms with Crippen LogP contribution in [0.3, 0.4) is 0 Å². The van der Waals surface area contributed by atoms with Gasteiger partial charge in [-0.1, -0.05) is 0 Å². The molecule has 6 nitrogen and oxygen atoms in total. The number of nitro groups is 1. The van der Waals surface area contributed by atoms with Gasteiger partial charge < -0.3 is 11.1 Å². The molecular formula is C12H14N4O2. The number of anilines is 1. The number of hydrogen-bond donors (Lipinski definition) is 2. The molecule has 1 aliphatic rings. The fourth-order valence-corrected chi connectivity index (χ4v) is 1.95. The first-order valence-corrected chi connectivity index (χ1v) is 5.81. The maximum Gasteiger partial charge on any atom is 0.292 e. The number of benzene rings is 1. The molecule has 0 spiro atoms. The molecule has 1 saturated carbocycles. The van der Waals surface area contributed by atoms with E-state index in [-0.39, 0.29) is 11.7 Å². The van der Waals surface area contributed by atoms with Crippen molar-refractivity contribution in [1.29, 1.82) is 5.26 Å². The van der Waals surface area contributed by atoms with Crippen LogP contribution < -0.4 is 11.1 Å². The topological polar surface area (TPSA) is 105 Å². The van der Waals surface area contributed by atoms with E-state index in [0.717, 1.165) is 12.8 Å². The highest BCUT2D eigenvalue weighted by Gasteiger charge is 2.31. The van der Waals surface area contributed by atoms with Gasteiger partial charge in [0, 0.05) is 18.7 Å². The van der Waals surface area contributed by atoms with Gasteiger partial charge in [-0.05, 0) is 30.9 Å². The van der Waals surface area contributed by atoms with Gasteiger partial charge in [-0.3, -0.25) is 10.1 Å². The number of nitrogens with one attached hydrogen (secondary N) is 1. The fourth-order valence-electron chi connectivity index (χ4n) is 1.95. The molecular weight excluding hydrogens is 232 g/mol. The molecule has 0 heterocycles. The van der Waals surface area contributed by atoms with E-state index in [0.29, 0.717) is 23.7 Å². The predicted octanol–water partition coefficient (Wildman–Crippen LogP) is 1.62. The Morgan fingerprint density at radius 1 is 1.61 bits per heavy atom. The third kappa shape index (κ3) is 2.57. The summed E-state index contributed by atoms with van der Waals surface area (Å²) in [6, 6.07) is 6.31. The van der Waals surface area contributed by atoms with E-state index in [1.54, 1.807) is 0 Å². The third-order valence-electron chi connectivity index (χ3n) is 3.11. The molecule has 3 N–H and O–H groups in total. The number of nitrogens with zero attached hydrogens (tertiary/aromatic N) is 2. The quantitative estimate of drug-likeness (QED) is 0.606. The smallest absolute Gasteiger partial charge is 0.292 e. The standard InChI is InChI=1S/C12H14N4O2/c13-6-8-1-4-12(16(17)18)10(5-8)15-11(7-14)9-2-3-9/h1,4-5,9,11,15H,2-3,7,14H2. The summed E-state index contributed by atoms with van der Waals surface area (Å²) >= 11 is 0. The molecule has 0 bridgehead atoms. The van der Waals surface area contributed by atoms with Crippen LogP contribution >= 0.6 is 0 Å². The zero-order valence-electron chi connectivity index (χ0n) is 9.80. The Balaban J connectivity index is 2.28. The van der Waals surface area contributed by atoms with E-state index in [9.17, 15) is 10.1 Å². The van der Waals surface area contributed by atoms with Crippen LogP contribution in [0.25, 0.3) is 0 Å². The van der Waals surface area contributed by atoms with Crippen molar-refractivity contribution in [3.05, 3.63) is 33.9 Å². The Hall–Kier alpha value is -2.13. The SMILES string of the molecule is N#Cc1ccc([N+](=O)[O-])c(NC(CN)C2CC2)c1. The van der Waals surface area contributed by atoms with Crippen molar-refractivity contribution in [2.24, 2.45) is 11.7 Å². The van der Waals surface area contributed by atoms with Gasteiger partial charge in [0.15, 0.2) is 0 Å². The van der Waals surface area contributed by atoms with Crippen molar-refractivity contribution in [2.75, 3.05) is 11.9 Å². The van der Waals surface area contributed by atoms with Crippen molar-refractivity contribution in [3.8, 4) is 6.07 Å². The first-order valence-electron chi connectivity index (χ1n) is 5.81. The summed E-state index contributed by atoms with van der Waals surface area (Å²) in [6.45, 7) is 0.429. The van der Waals surface area contributed by atoms with E-state index in [1.165, 1.54) is 18.2 Å². The largest absolute Gasteiger partial charge is 0.375 e. The monoisotopic (exact) mass is 246 g/mol. The highest BCUT2D eigenvalue weighted by atomic mass is 16.6. The van der Waals surface area contributed by atoms with E-state index in [4.69, 9.17) is 11.0 Å². The maximum atomic E-state index is 10.9. The van der Waals surface area contributed by atoms with Crippen molar-refractivity contribution < 1.29 is 4.92 Å². The minimum Gasteiger partial charge on any atom is -0.375 e. The van der Waals surface area contributed by atoms with Gasteiger partial charge in [0.2, 0.25) is 0 Å². The van der Waals surface area contributed by atoms with Crippen LogP contribution in [-0.2, 0) is 0 Å². The lowest BCUT2D eigenvalue weighted by Crippen LogP contribution is -2.31.